The van der Waals surface area contributed by atoms with Crippen LogP contribution in [0.2, 0.25) is 0 Å². The van der Waals surface area contributed by atoms with E-state index in [0.29, 0.717) is 37.9 Å². The van der Waals surface area contributed by atoms with E-state index < -0.39 is 0 Å². The normalized spacial score (nSPS) is 22.1. The predicted octanol–water partition coefficient (Wildman–Crippen LogP) is 1.42. The zero-order valence-electron chi connectivity index (χ0n) is 13.5. The van der Waals surface area contributed by atoms with E-state index in [0.717, 1.165) is 25.7 Å². The van der Waals surface area contributed by atoms with E-state index in [1.54, 1.807) is 0 Å². The molecule has 1 rings (SSSR count). The molecule has 1 saturated carbocycles. The number of nitrogens with two attached hydrogens (primary N) is 1. The lowest BCUT2D eigenvalue weighted by molar-refractivity contribution is -0.126. The standard InChI is InChI=1S/C16H31N3O2/c1-12(2)11-19-15(20)7-9-18-16(21)14-5-3-4-13(10-14)6-8-17/h12-14H,3-11,17H2,1-2H3,(H,18,21)(H,19,20). The van der Waals surface area contributed by atoms with E-state index >= 15 is 0 Å². The van der Waals surface area contributed by atoms with Gasteiger partial charge in [-0.25, -0.2) is 0 Å². The van der Waals surface area contributed by atoms with Crippen molar-refractivity contribution >= 4 is 11.8 Å². The van der Waals surface area contributed by atoms with Crippen LogP contribution in [0, 0.1) is 17.8 Å². The van der Waals surface area contributed by atoms with Crippen LogP contribution in [0.15, 0.2) is 0 Å². The summed E-state index contributed by atoms with van der Waals surface area (Å²) in [7, 11) is 0. The number of hydrogen-bond donors (Lipinski definition) is 3. The number of nitrogens with one attached hydrogen (secondary N) is 2. The second-order valence-corrected chi connectivity index (χ2v) is 6.55. The molecule has 0 spiro atoms. The number of carbonyl (C=O) groups excluding carboxylic acids is 2. The van der Waals surface area contributed by atoms with E-state index in [-0.39, 0.29) is 17.7 Å². The molecule has 21 heavy (non-hydrogen) atoms. The zero-order valence-corrected chi connectivity index (χ0v) is 13.5. The van der Waals surface area contributed by atoms with Crippen molar-refractivity contribution in [3.8, 4) is 0 Å². The van der Waals surface area contributed by atoms with Gasteiger partial charge in [-0.3, -0.25) is 9.59 Å². The summed E-state index contributed by atoms with van der Waals surface area (Å²) >= 11 is 0. The predicted molar refractivity (Wildman–Crippen MR) is 84.6 cm³/mol. The zero-order chi connectivity index (χ0) is 15.7. The van der Waals surface area contributed by atoms with Crippen LogP contribution >= 0.6 is 0 Å². The fourth-order valence-electron chi connectivity index (χ4n) is 2.88. The van der Waals surface area contributed by atoms with E-state index in [1.165, 1.54) is 6.42 Å². The molecule has 1 fully saturated rings. The van der Waals surface area contributed by atoms with Crippen LogP contribution in [0.25, 0.3) is 0 Å². The van der Waals surface area contributed by atoms with Gasteiger partial charge >= 0.3 is 0 Å². The van der Waals surface area contributed by atoms with Crippen molar-refractivity contribution in [3.05, 3.63) is 0 Å². The molecule has 1 aliphatic rings. The first-order chi connectivity index (χ1) is 10.0. The molecular formula is C16H31N3O2. The molecule has 5 heteroatoms. The fourth-order valence-corrected chi connectivity index (χ4v) is 2.88. The molecule has 5 nitrogen and oxygen atoms in total. The molecule has 2 atom stereocenters. The topological polar surface area (TPSA) is 84.2 Å². The van der Waals surface area contributed by atoms with Crippen molar-refractivity contribution in [3.63, 3.8) is 0 Å². The van der Waals surface area contributed by atoms with E-state index in [4.69, 9.17) is 5.73 Å². The summed E-state index contributed by atoms with van der Waals surface area (Å²) in [5.74, 6) is 1.26. The van der Waals surface area contributed by atoms with Gasteiger partial charge in [-0.2, -0.15) is 0 Å². The minimum atomic E-state index is 0.00801. The molecule has 0 aromatic carbocycles. The Morgan fingerprint density at radius 1 is 1.24 bits per heavy atom. The van der Waals surface area contributed by atoms with E-state index in [2.05, 4.69) is 24.5 Å². The molecule has 0 saturated heterocycles. The van der Waals surface area contributed by atoms with Crippen molar-refractivity contribution in [2.75, 3.05) is 19.6 Å². The van der Waals surface area contributed by atoms with Gasteiger partial charge in [-0.05, 0) is 37.6 Å². The van der Waals surface area contributed by atoms with Gasteiger partial charge in [0.25, 0.3) is 0 Å². The van der Waals surface area contributed by atoms with Gasteiger partial charge in [-0.1, -0.05) is 26.7 Å². The molecule has 1 aliphatic carbocycles. The minimum absolute atomic E-state index is 0.00801. The Labute approximate surface area is 128 Å². The first-order valence-electron chi connectivity index (χ1n) is 8.27. The second kappa shape index (κ2) is 9.77. The third kappa shape index (κ3) is 7.46. The molecule has 0 heterocycles. The van der Waals surface area contributed by atoms with Crippen LogP contribution in [0.5, 0.6) is 0 Å². The van der Waals surface area contributed by atoms with Gasteiger partial charge in [0, 0.05) is 25.4 Å². The SMILES string of the molecule is CC(C)CNC(=O)CCNC(=O)C1CCCC(CCN)C1. The van der Waals surface area contributed by atoms with Crippen molar-refractivity contribution in [1.29, 1.82) is 0 Å². The summed E-state index contributed by atoms with van der Waals surface area (Å²) in [5.41, 5.74) is 5.60. The highest BCUT2D eigenvalue weighted by molar-refractivity contribution is 5.80. The molecule has 0 bridgehead atoms. The maximum absolute atomic E-state index is 12.1. The molecular weight excluding hydrogens is 266 g/mol. The average Bonchev–Trinajstić information content (AvgIpc) is 2.45. The molecule has 0 aromatic rings. The molecule has 122 valence electrons. The Hall–Kier alpha value is -1.10. The summed E-state index contributed by atoms with van der Waals surface area (Å²) in [4.78, 5) is 23.7. The number of amides is 2. The molecule has 2 unspecified atom stereocenters. The lowest BCUT2D eigenvalue weighted by Crippen LogP contribution is -2.37. The molecule has 0 aliphatic heterocycles. The quantitative estimate of drug-likeness (QED) is 0.633. The van der Waals surface area contributed by atoms with Gasteiger partial charge in [0.1, 0.15) is 0 Å². The molecule has 0 radical (unpaired) electrons. The first kappa shape index (κ1) is 18.0. The van der Waals surface area contributed by atoms with Crippen LogP contribution in [0.4, 0.5) is 0 Å². The highest BCUT2D eigenvalue weighted by Gasteiger charge is 2.26. The summed E-state index contributed by atoms with van der Waals surface area (Å²) in [6, 6.07) is 0. The highest BCUT2D eigenvalue weighted by atomic mass is 16.2. The summed E-state index contributed by atoms with van der Waals surface area (Å²) < 4.78 is 0. The van der Waals surface area contributed by atoms with Gasteiger partial charge in [0.15, 0.2) is 0 Å². The van der Waals surface area contributed by atoms with Crippen LogP contribution in [0.3, 0.4) is 0 Å². The molecule has 0 aromatic heterocycles. The number of hydrogen-bond acceptors (Lipinski definition) is 3. The maximum Gasteiger partial charge on any atom is 0.223 e. The van der Waals surface area contributed by atoms with Crippen LogP contribution in [-0.4, -0.2) is 31.4 Å². The van der Waals surface area contributed by atoms with E-state index in [9.17, 15) is 9.59 Å². The highest BCUT2D eigenvalue weighted by Crippen LogP contribution is 2.30. The lowest BCUT2D eigenvalue weighted by atomic mass is 9.79. The number of carbonyl (C=O) groups is 2. The molecule has 4 N–H and O–H groups in total. The summed E-state index contributed by atoms with van der Waals surface area (Å²) in [5, 5.41) is 5.76. The third-order valence-electron chi connectivity index (χ3n) is 4.09. The maximum atomic E-state index is 12.1. The second-order valence-electron chi connectivity index (χ2n) is 6.55. The van der Waals surface area contributed by atoms with Crippen molar-refractivity contribution in [2.24, 2.45) is 23.5 Å². The van der Waals surface area contributed by atoms with Crippen LogP contribution < -0.4 is 16.4 Å². The Kier molecular flexibility index (Phi) is 8.35. The van der Waals surface area contributed by atoms with Crippen molar-refractivity contribution in [2.45, 2.75) is 52.4 Å². The fraction of sp³-hybridized carbons (Fsp3) is 0.875. The van der Waals surface area contributed by atoms with E-state index in [1.807, 2.05) is 0 Å². The Balaban J connectivity index is 2.19. The summed E-state index contributed by atoms with van der Waals surface area (Å²) in [6.45, 7) is 5.94. The minimum Gasteiger partial charge on any atom is -0.356 e. The first-order valence-corrected chi connectivity index (χ1v) is 8.27. The van der Waals surface area contributed by atoms with Crippen molar-refractivity contribution in [1.82, 2.24) is 10.6 Å². The van der Waals surface area contributed by atoms with Gasteiger partial charge < -0.3 is 16.4 Å². The van der Waals surface area contributed by atoms with Crippen LogP contribution in [0.1, 0.15) is 52.4 Å². The summed E-state index contributed by atoms with van der Waals surface area (Å²) in [6.07, 6.45) is 5.59. The Bertz CT molecular complexity index is 329. The Morgan fingerprint density at radius 3 is 2.67 bits per heavy atom. The smallest absolute Gasteiger partial charge is 0.223 e. The number of rotatable bonds is 8. The van der Waals surface area contributed by atoms with Gasteiger partial charge in [0.2, 0.25) is 11.8 Å². The molecule has 2 amide bonds. The van der Waals surface area contributed by atoms with Gasteiger partial charge in [-0.15, -0.1) is 0 Å². The largest absolute Gasteiger partial charge is 0.356 e. The monoisotopic (exact) mass is 297 g/mol. The third-order valence-corrected chi connectivity index (χ3v) is 4.09. The van der Waals surface area contributed by atoms with Crippen LogP contribution in [-0.2, 0) is 9.59 Å². The van der Waals surface area contributed by atoms with Gasteiger partial charge in [0.05, 0.1) is 0 Å². The Morgan fingerprint density at radius 2 is 2.00 bits per heavy atom. The average molecular weight is 297 g/mol. The lowest BCUT2D eigenvalue weighted by Gasteiger charge is -2.28. The van der Waals surface area contributed by atoms with Crippen molar-refractivity contribution < 1.29 is 9.59 Å².